The van der Waals surface area contributed by atoms with Crippen molar-refractivity contribution in [1.29, 1.82) is 0 Å². The molecular weight excluding hydrogens is 246 g/mol. The SMILES string of the molecule is Cc1nc(Oc2cc(F)c(N)cc2F)sc1C. The van der Waals surface area contributed by atoms with Gasteiger partial charge in [-0.1, -0.05) is 11.3 Å². The zero-order valence-electron chi connectivity index (χ0n) is 9.25. The highest BCUT2D eigenvalue weighted by atomic mass is 32.1. The highest BCUT2D eigenvalue weighted by Gasteiger charge is 2.12. The number of nitrogens with zero attached hydrogens (tertiary/aromatic N) is 1. The van der Waals surface area contributed by atoms with Crippen molar-refractivity contribution in [3.8, 4) is 10.9 Å². The molecule has 0 aliphatic rings. The maximum atomic E-state index is 13.4. The second-order valence-corrected chi connectivity index (χ2v) is 4.69. The van der Waals surface area contributed by atoms with Gasteiger partial charge in [-0.3, -0.25) is 0 Å². The van der Waals surface area contributed by atoms with E-state index in [1.165, 1.54) is 11.3 Å². The molecule has 90 valence electrons. The highest BCUT2D eigenvalue weighted by Crippen LogP contribution is 2.31. The van der Waals surface area contributed by atoms with Crippen LogP contribution in [0.4, 0.5) is 14.5 Å². The fraction of sp³-hybridized carbons (Fsp3) is 0.182. The van der Waals surface area contributed by atoms with E-state index < -0.39 is 11.6 Å². The molecule has 0 aliphatic heterocycles. The molecule has 0 saturated carbocycles. The predicted octanol–water partition coefficient (Wildman–Crippen LogP) is 3.41. The summed E-state index contributed by atoms with van der Waals surface area (Å²) in [5, 5.41) is 0.281. The molecule has 0 atom stereocenters. The van der Waals surface area contributed by atoms with Crippen molar-refractivity contribution < 1.29 is 13.5 Å². The average molecular weight is 256 g/mol. The van der Waals surface area contributed by atoms with Crippen molar-refractivity contribution in [1.82, 2.24) is 4.98 Å². The number of nitrogens with two attached hydrogens (primary N) is 1. The fourth-order valence-electron chi connectivity index (χ4n) is 1.20. The first-order valence-corrected chi connectivity index (χ1v) is 5.65. The van der Waals surface area contributed by atoms with Crippen LogP contribution < -0.4 is 10.5 Å². The normalized spacial score (nSPS) is 10.6. The van der Waals surface area contributed by atoms with Crippen LogP contribution in [0, 0.1) is 25.5 Å². The summed E-state index contributed by atoms with van der Waals surface area (Å²) in [7, 11) is 0. The lowest BCUT2D eigenvalue weighted by molar-refractivity contribution is 0.434. The van der Waals surface area contributed by atoms with E-state index in [1.807, 2.05) is 13.8 Å². The topological polar surface area (TPSA) is 48.1 Å². The largest absolute Gasteiger partial charge is 0.428 e. The van der Waals surface area contributed by atoms with Gasteiger partial charge in [0.15, 0.2) is 11.6 Å². The number of thiazole rings is 1. The molecule has 2 aromatic rings. The van der Waals surface area contributed by atoms with Crippen molar-refractivity contribution in [2.75, 3.05) is 5.73 Å². The quantitative estimate of drug-likeness (QED) is 0.837. The van der Waals surface area contributed by atoms with Gasteiger partial charge in [0.2, 0.25) is 0 Å². The first-order valence-electron chi connectivity index (χ1n) is 4.84. The molecule has 1 heterocycles. The number of hydrogen-bond donors (Lipinski definition) is 1. The van der Waals surface area contributed by atoms with Crippen molar-refractivity contribution in [2.45, 2.75) is 13.8 Å². The summed E-state index contributed by atoms with van der Waals surface area (Å²) < 4.78 is 31.8. The van der Waals surface area contributed by atoms with Crippen LogP contribution in [0.2, 0.25) is 0 Å². The number of aryl methyl sites for hydroxylation is 2. The Morgan fingerprint density at radius 3 is 2.53 bits per heavy atom. The molecule has 0 spiro atoms. The molecule has 0 amide bonds. The van der Waals surface area contributed by atoms with Crippen molar-refractivity contribution in [3.05, 3.63) is 34.3 Å². The second kappa shape index (κ2) is 4.29. The Morgan fingerprint density at radius 2 is 1.94 bits per heavy atom. The third kappa shape index (κ3) is 2.36. The van der Waals surface area contributed by atoms with Crippen LogP contribution in [0.3, 0.4) is 0 Å². The summed E-state index contributed by atoms with van der Waals surface area (Å²) in [5.41, 5.74) is 5.79. The van der Waals surface area contributed by atoms with Gasteiger partial charge < -0.3 is 10.5 Å². The van der Waals surface area contributed by atoms with Gasteiger partial charge in [0, 0.05) is 17.0 Å². The first-order chi connectivity index (χ1) is 7.97. The lowest BCUT2D eigenvalue weighted by atomic mass is 10.3. The standard InChI is InChI=1S/C11H10F2N2OS/c1-5-6(2)17-11(15-5)16-10-4-7(12)9(14)3-8(10)13/h3-4H,14H2,1-2H3. The van der Waals surface area contributed by atoms with Crippen LogP contribution in [-0.2, 0) is 0 Å². The molecule has 0 unspecified atom stereocenters. The molecule has 0 aliphatic carbocycles. The Kier molecular flexibility index (Phi) is 2.97. The van der Waals surface area contributed by atoms with E-state index in [9.17, 15) is 8.78 Å². The number of rotatable bonds is 2. The summed E-state index contributed by atoms with van der Waals surface area (Å²) in [6.07, 6.45) is 0. The van der Waals surface area contributed by atoms with Crippen LogP contribution in [0.5, 0.6) is 10.9 Å². The third-order valence-electron chi connectivity index (χ3n) is 2.26. The molecule has 2 N–H and O–H groups in total. The predicted molar refractivity (Wildman–Crippen MR) is 62.4 cm³/mol. The maximum absolute atomic E-state index is 13.4. The molecule has 1 aromatic heterocycles. The Hall–Kier alpha value is -1.69. The highest BCUT2D eigenvalue weighted by molar-refractivity contribution is 7.13. The summed E-state index contributed by atoms with van der Waals surface area (Å²) in [4.78, 5) is 5.04. The van der Waals surface area contributed by atoms with E-state index in [1.54, 1.807) is 0 Å². The van der Waals surface area contributed by atoms with Crippen LogP contribution in [0.25, 0.3) is 0 Å². The molecule has 6 heteroatoms. The van der Waals surface area contributed by atoms with Crippen LogP contribution in [-0.4, -0.2) is 4.98 Å². The van der Waals surface area contributed by atoms with E-state index in [4.69, 9.17) is 10.5 Å². The van der Waals surface area contributed by atoms with E-state index in [0.29, 0.717) is 0 Å². The summed E-state index contributed by atoms with van der Waals surface area (Å²) in [5.74, 6) is -1.65. The first kappa shape index (κ1) is 11.8. The number of ether oxygens (including phenoxy) is 1. The van der Waals surface area contributed by atoms with Gasteiger partial charge in [-0.15, -0.1) is 0 Å². The van der Waals surface area contributed by atoms with E-state index in [-0.39, 0.29) is 16.6 Å². The lowest BCUT2D eigenvalue weighted by Crippen LogP contribution is -1.95. The smallest absolute Gasteiger partial charge is 0.279 e. The van der Waals surface area contributed by atoms with Crippen molar-refractivity contribution >= 4 is 17.0 Å². The number of nitrogen functional groups attached to an aromatic ring is 1. The molecular formula is C11H10F2N2OS. The maximum Gasteiger partial charge on any atom is 0.279 e. The minimum absolute atomic E-state index is 0.217. The number of hydrogen-bond acceptors (Lipinski definition) is 4. The van der Waals surface area contributed by atoms with Crippen molar-refractivity contribution in [2.24, 2.45) is 0 Å². The van der Waals surface area contributed by atoms with Gasteiger partial charge in [0.25, 0.3) is 5.19 Å². The fourth-order valence-corrected chi connectivity index (χ4v) is 1.97. The Labute approximate surface area is 101 Å². The third-order valence-corrected chi connectivity index (χ3v) is 3.21. The number of halogens is 2. The Bertz CT molecular complexity index is 549. The zero-order valence-corrected chi connectivity index (χ0v) is 10.1. The van der Waals surface area contributed by atoms with Crippen LogP contribution in [0.1, 0.15) is 10.6 Å². The molecule has 0 bridgehead atoms. The van der Waals surface area contributed by atoms with Crippen LogP contribution in [0.15, 0.2) is 12.1 Å². The minimum atomic E-state index is -0.716. The Morgan fingerprint density at radius 1 is 1.24 bits per heavy atom. The summed E-state index contributed by atoms with van der Waals surface area (Å²) >= 11 is 1.27. The second-order valence-electron chi connectivity index (χ2n) is 3.53. The van der Waals surface area contributed by atoms with Gasteiger partial charge in [0.1, 0.15) is 5.82 Å². The zero-order chi connectivity index (χ0) is 12.6. The van der Waals surface area contributed by atoms with Crippen molar-refractivity contribution in [3.63, 3.8) is 0 Å². The van der Waals surface area contributed by atoms with Gasteiger partial charge in [-0.25, -0.2) is 13.8 Å². The lowest BCUT2D eigenvalue weighted by Gasteiger charge is -2.04. The number of benzene rings is 1. The molecule has 1 aromatic carbocycles. The summed E-state index contributed by atoms with van der Waals surface area (Å²) in [6, 6.07) is 1.80. The van der Waals surface area contributed by atoms with Gasteiger partial charge in [-0.05, 0) is 13.8 Å². The van der Waals surface area contributed by atoms with Gasteiger partial charge >= 0.3 is 0 Å². The van der Waals surface area contributed by atoms with E-state index >= 15 is 0 Å². The molecule has 3 nitrogen and oxygen atoms in total. The monoisotopic (exact) mass is 256 g/mol. The van der Waals surface area contributed by atoms with E-state index in [0.717, 1.165) is 22.7 Å². The van der Waals surface area contributed by atoms with Gasteiger partial charge in [-0.2, -0.15) is 0 Å². The molecule has 0 fully saturated rings. The number of aromatic nitrogens is 1. The molecule has 0 radical (unpaired) electrons. The average Bonchev–Trinajstić information content (AvgIpc) is 2.55. The number of anilines is 1. The van der Waals surface area contributed by atoms with Crippen LogP contribution >= 0.6 is 11.3 Å². The molecule has 17 heavy (non-hydrogen) atoms. The minimum Gasteiger partial charge on any atom is -0.428 e. The Balaban J connectivity index is 2.33. The molecule has 2 rings (SSSR count). The summed E-state index contributed by atoms with van der Waals surface area (Å²) in [6.45, 7) is 3.69. The van der Waals surface area contributed by atoms with E-state index in [2.05, 4.69) is 4.98 Å². The molecule has 0 saturated heterocycles. The van der Waals surface area contributed by atoms with Gasteiger partial charge in [0.05, 0.1) is 11.4 Å².